The Hall–Kier alpha value is -5.39. The summed E-state index contributed by atoms with van der Waals surface area (Å²) >= 11 is 0. The summed E-state index contributed by atoms with van der Waals surface area (Å²) in [6.45, 7) is 3.73. The number of esters is 1. The standard InChI is InChI=1S/C38H45NO11/c1-7-10-28(26-21-33(46-4)36(48-6)34(22-26)47-5)37(42)39-18-9-13-29(39)38(43)50-30(25-11-8-12-27(20-25)49-23-35(40)41)16-14-24-15-17-31(44-2)32(19-24)45-3/h7-8,11-12,15,17,19-22,28-30H,1,9-10,13-14,16,18,23H2,2-6H3,(H,40,41)/t28-,29?,30+/m0/s1. The van der Waals surface area contributed by atoms with Gasteiger partial charge in [0.15, 0.2) is 29.6 Å². The number of hydrogen-bond acceptors (Lipinski definition) is 10. The molecule has 0 bridgehead atoms. The summed E-state index contributed by atoms with van der Waals surface area (Å²) in [4.78, 5) is 40.9. The molecule has 3 atom stereocenters. The number of hydrogen-bond donors (Lipinski definition) is 1. The number of aliphatic carboxylic acids is 1. The van der Waals surface area contributed by atoms with Crippen LogP contribution in [0.15, 0.2) is 67.3 Å². The number of rotatable bonds is 18. The summed E-state index contributed by atoms with van der Waals surface area (Å²) < 4.78 is 39.0. The number of benzene rings is 3. The topological polar surface area (TPSA) is 139 Å². The van der Waals surface area contributed by atoms with Crippen molar-refractivity contribution in [2.75, 3.05) is 48.7 Å². The lowest BCUT2D eigenvalue weighted by Gasteiger charge is -2.29. The molecule has 1 aliphatic heterocycles. The second-order valence-corrected chi connectivity index (χ2v) is 11.6. The Kier molecular flexibility index (Phi) is 13.4. The number of allylic oxidation sites excluding steroid dienone is 1. The van der Waals surface area contributed by atoms with E-state index >= 15 is 0 Å². The van der Waals surface area contributed by atoms with Gasteiger partial charge in [0.25, 0.3) is 0 Å². The van der Waals surface area contributed by atoms with Crippen LogP contribution in [0.5, 0.6) is 34.5 Å². The molecule has 1 amide bonds. The Morgan fingerprint density at radius 2 is 1.58 bits per heavy atom. The fourth-order valence-corrected chi connectivity index (χ4v) is 6.12. The Morgan fingerprint density at radius 3 is 2.20 bits per heavy atom. The molecular weight excluding hydrogens is 646 g/mol. The summed E-state index contributed by atoms with van der Waals surface area (Å²) in [5.41, 5.74) is 2.19. The highest BCUT2D eigenvalue weighted by Crippen LogP contribution is 2.42. The van der Waals surface area contributed by atoms with E-state index in [-0.39, 0.29) is 5.91 Å². The lowest BCUT2D eigenvalue weighted by molar-refractivity contribution is -0.159. The molecule has 0 saturated carbocycles. The van der Waals surface area contributed by atoms with Crippen LogP contribution in [0, 0.1) is 0 Å². The lowest BCUT2D eigenvalue weighted by Crippen LogP contribution is -2.44. The average Bonchev–Trinajstić information content (AvgIpc) is 3.64. The van der Waals surface area contributed by atoms with Crippen molar-refractivity contribution in [1.82, 2.24) is 4.90 Å². The highest BCUT2D eigenvalue weighted by molar-refractivity contribution is 5.90. The third-order valence-corrected chi connectivity index (χ3v) is 8.59. The third-order valence-electron chi connectivity index (χ3n) is 8.59. The van der Waals surface area contributed by atoms with Gasteiger partial charge in [-0.05, 0) is 85.2 Å². The zero-order valence-electron chi connectivity index (χ0n) is 29.1. The number of ether oxygens (including phenoxy) is 7. The molecule has 0 aromatic heterocycles. The van der Waals surface area contributed by atoms with Crippen molar-refractivity contribution >= 4 is 17.8 Å². The molecule has 268 valence electrons. The van der Waals surface area contributed by atoms with E-state index in [2.05, 4.69) is 6.58 Å². The molecule has 1 saturated heterocycles. The minimum atomic E-state index is -1.11. The number of carboxylic acid groups (broad SMARTS) is 1. The van der Waals surface area contributed by atoms with E-state index in [1.165, 1.54) is 21.3 Å². The molecule has 1 heterocycles. The van der Waals surface area contributed by atoms with Crippen molar-refractivity contribution in [3.63, 3.8) is 0 Å². The molecule has 0 aliphatic carbocycles. The first kappa shape index (κ1) is 37.4. The number of carbonyl (C=O) groups is 3. The normalized spacial score (nSPS) is 15.0. The summed E-state index contributed by atoms with van der Waals surface area (Å²) in [7, 11) is 7.65. The zero-order valence-corrected chi connectivity index (χ0v) is 29.1. The van der Waals surface area contributed by atoms with Crippen LogP contribution >= 0.6 is 0 Å². The summed E-state index contributed by atoms with van der Waals surface area (Å²) in [5.74, 6) is 0.157. The molecule has 50 heavy (non-hydrogen) atoms. The van der Waals surface area contributed by atoms with E-state index < -0.39 is 36.6 Å². The van der Waals surface area contributed by atoms with Crippen LogP contribution in [-0.2, 0) is 25.5 Å². The van der Waals surface area contributed by atoms with Gasteiger partial charge >= 0.3 is 11.9 Å². The van der Waals surface area contributed by atoms with Crippen molar-refractivity contribution in [2.45, 2.75) is 50.2 Å². The van der Waals surface area contributed by atoms with Crippen LogP contribution in [0.2, 0.25) is 0 Å². The highest BCUT2D eigenvalue weighted by Gasteiger charge is 2.39. The number of aryl methyl sites for hydroxylation is 1. The zero-order chi connectivity index (χ0) is 36.2. The van der Waals surface area contributed by atoms with Gasteiger partial charge in [-0.1, -0.05) is 24.3 Å². The Bertz CT molecular complexity index is 1630. The van der Waals surface area contributed by atoms with Gasteiger partial charge in [0, 0.05) is 6.54 Å². The minimum Gasteiger partial charge on any atom is -0.493 e. The van der Waals surface area contributed by atoms with Crippen LogP contribution in [-0.4, -0.2) is 82.6 Å². The second-order valence-electron chi connectivity index (χ2n) is 11.6. The van der Waals surface area contributed by atoms with E-state index in [9.17, 15) is 14.4 Å². The maximum absolute atomic E-state index is 14.2. The SMILES string of the molecule is C=CC[C@H](C(=O)N1CCCC1C(=O)O[C@H](CCc1ccc(OC)c(OC)c1)c1cccc(OCC(=O)O)c1)c1cc(OC)c(OC)c(OC)c1. The molecule has 0 radical (unpaired) electrons. The molecule has 3 aromatic carbocycles. The first-order chi connectivity index (χ1) is 24.2. The fourth-order valence-electron chi connectivity index (χ4n) is 6.12. The van der Waals surface area contributed by atoms with Gasteiger partial charge < -0.3 is 43.2 Å². The predicted molar refractivity (Wildman–Crippen MR) is 185 cm³/mol. The Morgan fingerprint density at radius 1 is 0.880 bits per heavy atom. The predicted octanol–water partition coefficient (Wildman–Crippen LogP) is 5.76. The smallest absolute Gasteiger partial charge is 0.341 e. The fraction of sp³-hybridized carbons (Fsp3) is 0.395. The second kappa shape index (κ2) is 17.8. The van der Waals surface area contributed by atoms with Crippen LogP contribution in [0.3, 0.4) is 0 Å². The van der Waals surface area contributed by atoms with Crippen molar-refractivity contribution in [2.24, 2.45) is 0 Å². The maximum Gasteiger partial charge on any atom is 0.341 e. The van der Waals surface area contributed by atoms with E-state index in [1.807, 2.05) is 18.2 Å². The van der Waals surface area contributed by atoms with Gasteiger partial charge in [0.2, 0.25) is 11.7 Å². The van der Waals surface area contributed by atoms with Gasteiger partial charge in [-0.2, -0.15) is 0 Å². The van der Waals surface area contributed by atoms with Crippen molar-refractivity contribution in [3.05, 3.63) is 83.9 Å². The molecule has 12 heteroatoms. The van der Waals surface area contributed by atoms with E-state index in [0.717, 1.165) is 5.56 Å². The number of nitrogens with zero attached hydrogens (tertiary/aromatic N) is 1. The number of likely N-dealkylation sites (tertiary alicyclic amines) is 1. The Balaban J connectivity index is 1.61. The van der Waals surface area contributed by atoms with E-state index in [0.29, 0.717) is 84.3 Å². The van der Waals surface area contributed by atoms with Crippen molar-refractivity contribution in [1.29, 1.82) is 0 Å². The molecule has 1 N–H and O–H groups in total. The van der Waals surface area contributed by atoms with Gasteiger partial charge in [-0.3, -0.25) is 4.79 Å². The monoisotopic (exact) mass is 691 g/mol. The molecule has 1 aliphatic rings. The number of methoxy groups -OCH3 is 5. The molecule has 4 rings (SSSR count). The lowest BCUT2D eigenvalue weighted by atomic mass is 9.93. The number of carboxylic acids is 1. The average molecular weight is 692 g/mol. The van der Waals surface area contributed by atoms with Gasteiger partial charge in [-0.25, -0.2) is 9.59 Å². The van der Waals surface area contributed by atoms with E-state index in [1.54, 1.807) is 61.6 Å². The summed E-state index contributed by atoms with van der Waals surface area (Å²) in [5, 5.41) is 9.11. The number of amides is 1. The summed E-state index contributed by atoms with van der Waals surface area (Å²) in [6, 6.07) is 15.1. The van der Waals surface area contributed by atoms with Gasteiger partial charge in [0.1, 0.15) is 17.9 Å². The van der Waals surface area contributed by atoms with Gasteiger partial charge in [0.05, 0.1) is 41.5 Å². The molecule has 0 spiro atoms. The minimum absolute atomic E-state index is 0.246. The van der Waals surface area contributed by atoms with Crippen LogP contribution < -0.4 is 28.4 Å². The van der Waals surface area contributed by atoms with Crippen LogP contribution in [0.4, 0.5) is 0 Å². The van der Waals surface area contributed by atoms with Crippen LogP contribution in [0.25, 0.3) is 0 Å². The van der Waals surface area contributed by atoms with Crippen molar-refractivity contribution in [3.8, 4) is 34.5 Å². The first-order valence-electron chi connectivity index (χ1n) is 16.2. The third kappa shape index (κ3) is 8.99. The largest absolute Gasteiger partial charge is 0.493 e. The summed E-state index contributed by atoms with van der Waals surface area (Å²) in [6.07, 6.45) is 3.19. The molecule has 1 unspecified atom stereocenters. The van der Waals surface area contributed by atoms with Crippen molar-refractivity contribution < 1.29 is 52.6 Å². The highest BCUT2D eigenvalue weighted by atomic mass is 16.5. The number of carbonyl (C=O) groups excluding carboxylic acids is 2. The van der Waals surface area contributed by atoms with Gasteiger partial charge in [-0.15, -0.1) is 6.58 Å². The molecule has 1 fully saturated rings. The quantitative estimate of drug-likeness (QED) is 0.129. The molecule has 12 nitrogen and oxygen atoms in total. The maximum atomic E-state index is 14.2. The molecule has 3 aromatic rings. The first-order valence-corrected chi connectivity index (χ1v) is 16.2. The molecular formula is C38H45NO11. The Labute approximate surface area is 292 Å². The van der Waals surface area contributed by atoms with E-state index in [4.69, 9.17) is 38.3 Å². The van der Waals surface area contributed by atoms with Crippen LogP contribution in [0.1, 0.15) is 54.4 Å².